The van der Waals surface area contributed by atoms with Crippen LogP contribution in [0.5, 0.6) is 5.75 Å². The van der Waals surface area contributed by atoms with Crippen LogP contribution in [0.15, 0.2) is 24.4 Å². The van der Waals surface area contributed by atoms with Crippen LogP contribution in [0.25, 0.3) is 0 Å². The first-order chi connectivity index (χ1) is 8.56. The minimum absolute atomic E-state index is 0.314. The molecule has 0 aliphatic carbocycles. The average molecular weight is 266 g/mol. The van der Waals surface area contributed by atoms with E-state index in [1.54, 1.807) is 18.0 Å². The Balaban J connectivity index is 2.51. The van der Waals surface area contributed by atoms with Gasteiger partial charge in [-0.05, 0) is 24.1 Å². The summed E-state index contributed by atoms with van der Waals surface area (Å²) in [7, 11) is 3.45. The molecule has 2 rings (SSSR count). The van der Waals surface area contributed by atoms with E-state index in [1.807, 2.05) is 32.2 Å². The van der Waals surface area contributed by atoms with Crippen molar-refractivity contribution >= 4 is 11.6 Å². The van der Waals surface area contributed by atoms with Gasteiger partial charge in [-0.1, -0.05) is 23.7 Å². The molecule has 2 aromatic rings. The van der Waals surface area contributed by atoms with Gasteiger partial charge in [-0.3, -0.25) is 4.68 Å². The van der Waals surface area contributed by atoms with Gasteiger partial charge in [0.2, 0.25) is 0 Å². The van der Waals surface area contributed by atoms with E-state index in [-0.39, 0.29) is 6.04 Å². The van der Waals surface area contributed by atoms with E-state index in [2.05, 4.69) is 5.10 Å². The summed E-state index contributed by atoms with van der Waals surface area (Å²) in [5.41, 5.74) is 9.10. The third kappa shape index (κ3) is 2.09. The molecule has 0 aliphatic rings. The number of nitrogens with two attached hydrogens (primary N) is 1. The summed E-state index contributed by atoms with van der Waals surface area (Å²) in [4.78, 5) is 0. The summed E-state index contributed by atoms with van der Waals surface area (Å²) in [5, 5.41) is 4.88. The van der Waals surface area contributed by atoms with E-state index < -0.39 is 0 Å². The summed E-state index contributed by atoms with van der Waals surface area (Å²) in [6.07, 6.45) is 1.66. The fraction of sp³-hybridized carbons (Fsp3) is 0.308. The highest BCUT2D eigenvalue weighted by molar-refractivity contribution is 6.31. The minimum atomic E-state index is -0.314. The van der Waals surface area contributed by atoms with Crippen molar-refractivity contribution in [3.63, 3.8) is 0 Å². The van der Waals surface area contributed by atoms with Crippen LogP contribution in [-0.4, -0.2) is 16.9 Å². The van der Waals surface area contributed by atoms with Crippen molar-refractivity contribution < 1.29 is 4.74 Å². The molecule has 1 atom stereocenters. The fourth-order valence-electron chi connectivity index (χ4n) is 2.05. The largest absolute Gasteiger partial charge is 0.493 e. The van der Waals surface area contributed by atoms with Gasteiger partial charge in [-0.2, -0.15) is 5.10 Å². The Labute approximate surface area is 111 Å². The monoisotopic (exact) mass is 265 g/mol. The third-order valence-electron chi connectivity index (χ3n) is 3.11. The normalized spacial score (nSPS) is 12.5. The van der Waals surface area contributed by atoms with Crippen LogP contribution >= 0.6 is 11.6 Å². The first kappa shape index (κ1) is 12.9. The number of nitrogens with zero attached hydrogens (tertiary/aromatic N) is 2. The van der Waals surface area contributed by atoms with Crippen LogP contribution in [0.2, 0.25) is 5.02 Å². The van der Waals surface area contributed by atoms with E-state index in [1.165, 1.54) is 0 Å². The minimum Gasteiger partial charge on any atom is -0.493 e. The number of hydrogen-bond acceptors (Lipinski definition) is 3. The molecule has 5 heteroatoms. The number of hydrogen-bond donors (Lipinski definition) is 1. The molecule has 1 aromatic heterocycles. The second-order valence-electron chi connectivity index (χ2n) is 4.15. The maximum absolute atomic E-state index is 6.31. The second kappa shape index (κ2) is 5.00. The van der Waals surface area contributed by atoms with Gasteiger partial charge in [0.1, 0.15) is 5.69 Å². The number of methoxy groups -OCH3 is 1. The second-order valence-corrected chi connectivity index (χ2v) is 4.56. The van der Waals surface area contributed by atoms with Crippen molar-refractivity contribution in [3.8, 4) is 5.75 Å². The maximum Gasteiger partial charge on any atom is 0.161 e. The van der Waals surface area contributed by atoms with Gasteiger partial charge in [-0.15, -0.1) is 0 Å². The molecule has 18 heavy (non-hydrogen) atoms. The first-order valence-corrected chi connectivity index (χ1v) is 6.00. The standard InChI is InChI=1S/C13H16ClN3O/c1-8-9(5-4-6-10(8)14)12(15)13-11(18-3)7-16-17(13)2/h4-7,12H,15H2,1-3H3. The Bertz CT molecular complexity index is 565. The van der Waals surface area contributed by atoms with Crippen molar-refractivity contribution in [2.45, 2.75) is 13.0 Å². The van der Waals surface area contributed by atoms with Gasteiger partial charge in [0, 0.05) is 12.1 Å². The lowest BCUT2D eigenvalue weighted by Gasteiger charge is -2.17. The predicted molar refractivity (Wildman–Crippen MR) is 72.0 cm³/mol. The molecule has 1 heterocycles. The van der Waals surface area contributed by atoms with E-state index >= 15 is 0 Å². The van der Waals surface area contributed by atoms with Crippen molar-refractivity contribution in [3.05, 3.63) is 46.2 Å². The highest BCUT2D eigenvalue weighted by atomic mass is 35.5. The lowest BCUT2D eigenvalue weighted by molar-refractivity contribution is 0.406. The van der Waals surface area contributed by atoms with Gasteiger partial charge in [-0.25, -0.2) is 0 Å². The SMILES string of the molecule is COc1cnn(C)c1C(N)c1cccc(Cl)c1C. The van der Waals surface area contributed by atoms with E-state index in [0.717, 1.165) is 16.8 Å². The van der Waals surface area contributed by atoms with E-state index in [9.17, 15) is 0 Å². The highest BCUT2D eigenvalue weighted by Crippen LogP contribution is 2.31. The van der Waals surface area contributed by atoms with Crippen molar-refractivity contribution in [2.24, 2.45) is 12.8 Å². The Morgan fingerprint density at radius 2 is 2.17 bits per heavy atom. The average Bonchev–Trinajstić information content (AvgIpc) is 2.73. The zero-order valence-corrected chi connectivity index (χ0v) is 11.4. The molecular formula is C13H16ClN3O. The smallest absolute Gasteiger partial charge is 0.161 e. The molecule has 4 nitrogen and oxygen atoms in total. The summed E-state index contributed by atoms with van der Waals surface area (Å²) >= 11 is 6.12. The molecule has 1 aromatic carbocycles. The molecule has 0 spiro atoms. The van der Waals surface area contributed by atoms with Gasteiger partial charge in [0.05, 0.1) is 19.3 Å². The third-order valence-corrected chi connectivity index (χ3v) is 3.52. The molecule has 2 N–H and O–H groups in total. The Morgan fingerprint density at radius 1 is 1.44 bits per heavy atom. The molecule has 96 valence electrons. The summed E-state index contributed by atoms with van der Waals surface area (Å²) in [6.45, 7) is 1.96. The molecule has 0 saturated heterocycles. The van der Waals surface area contributed by atoms with Crippen LogP contribution < -0.4 is 10.5 Å². The van der Waals surface area contributed by atoms with Gasteiger partial charge in [0.25, 0.3) is 0 Å². The van der Waals surface area contributed by atoms with Gasteiger partial charge >= 0.3 is 0 Å². The first-order valence-electron chi connectivity index (χ1n) is 5.62. The zero-order valence-electron chi connectivity index (χ0n) is 10.6. The molecular weight excluding hydrogens is 250 g/mol. The lowest BCUT2D eigenvalue weighted by atomic mass is 9.99. The van der Waals surface area contributed by atoms with Crippen LogP contribution in [0.1, 0.15) is 22.9 Å². The fourth-order valence-corrected chi connectivity index (χ4v) is 2.23. The van der Waals surface area contributed by atoms with Crippen molar-refractivity contribution in [2.75, 3.05) is 7.11 Å². The molecule has 1 unspecified atom stereocenters. The number of halogens is 1. The number of rotatable bonds is 3. The summed E-state index contributed by atoms with van der Waals surface area (Å²) in [5.74, 6) is 0.685. The molecule has 0 fully saturated rings. The lowest BCUT2D eigenvalue weighted by Crippen LogP contribution is -2.18. The summed E-state index contributed by atoms with van der Waals surface area (Å²) in [6, 6.07) is 5.41. The maximum atomic E-state index is 6.31. The Morgan fingerprint density at radius 3 is 2.83 bits per heavy atom. The van der Waals surface area contributed by atoms with Gasteiger partial charge < -0.3 is 10.5 Å². The zero-order chi connectivity index (χ0) is 13.3. The van der Waals surface area contributed by atoms with Crippen LogP contribution in [0, 0.1) is 6.92 Å². The van der Waals surface area contributed by atoms with Crippen molar-refractivity contribution in [1.29, 1.82) is 0 Å². The predicted octanol–water partition coefficient (Wildman–Crippen LogP) is 2.44. The van der Waals surface area contributed by atoms with Crippen molar-refractivity contribution in [1.82, 2.24) is 9.78 Å². The molecule has 0 aliphatic heterocycles. The van der Waals surface area contributed by atoms with Gasteiger partial charge in [0.15, 0.2) is 5.75 Å². The Hall–Kier alpha value is -1.52. The van der Waals surface area contributed by atoms with E-state index in [0.29, 0.717) is 10.8 Å². The van der Waals surface area contributed by atoms with Crippen LogP contribution in [-0.2, 0) is 7.05 Å². The quantitative estimate of drug-likeness (QED) is 0.927. The molecule has 0 bridgehead atoms. The highest BCUT2D eigenvalue weighted by Gasteiger charge is 2.20. The molecule has 0 amide bonds. The number of aryl methyl sites for hydroxylation is 1. The van der Waals surface area contributed by atoms with Crippen LogP contribution in [0.4, 0.5) is 0 Å². The van der Waals surface area contributed by atoms with E-state index in [4.69, 9.17) is 22.1 Å². The number of ether oxygens (including phenoxy) is 1. The Kier molecular flexibility index (Phi) is 3.59. The topological polar surface area (TPSA) is 53.1 Å². The summed E-state index contributed by atoms with van der Waals surface area (Å²) < 4.78 is 7.01. The number of benzene rings is 1. The molecule has 0 saturated carbocycles. The number of aromatic nitrogens is 2. The molecule has 0 radical (unpaired) electrons. The van der Waals surface area contributed by atoms with Crippen LogP contribution in [0.3, 0.4) is 0 Å².